The summed E-state index contributed by atoms with van der Waals surface area (Å²) in [6, 6.07) is 22.0. The molecular weight excluding hydrogens is 351 g/mol. The van der Waals surface area contributed by atoms with Crippen LogP contribution in [0.1, 0.15) is 11.1 Å². The van der Waals surface area contributed by atoms with E-state index in [9.17, 15) is 19.4 Å². The van der Waals surface area contributed by atoms with Gasteiger partial charge in [-0.05, 0) is 21.9 Å². The quantitative estimate of drug-likeness (QED) is 0.608. The van der Waals surface area contributed by atoms with Gasteiger partial charge in [0.2, 0.25) is 0 Å². The van der Waals surface area contributed by atoms with Gasteiger partial charge in [-0.2, -0.15) is 0 Å². The van der Waals surface area contributed by atoms with Crippen LogP contribution in [0.4, 0.5) is 0 Å². The Balaban J connectivity index is 1.75. The van der Waals surface area contributed by atoms with Gasteiger partial charge < -0.3 is 10.00 Å². The molecule has 0 spiro atoms. The van der Waals surface area contributed by atoms with Crippen molar-refractivity contribution in [2.24, 2.45) is 0 Å². The number of hydrogen-bond donors (Lipinski definition) is 2. The Morgan fingerprint density at radius 3 is 2.27 bits per heavy atom. The van der Waals surface area contributed by atoms with Gasteiger partial charge in [0.05, 0.1) is 6.16 Å². The molecule has 0 aromatic heterocycles. The van der Waals surface area contributed by atoms with Crippen LogP contribution in [0.15, 0.2) is 72.8 Å². The number of rotatable bonds is 7. The third-order valence-electron chi connectivity index (χ3n) is 4.03. The molecule has 3 rings (SSSR count). The normalized spacial score (nSPS) is 14.7. The van der Waals surface area contributed by atoms with Gasteiger partial charge in [0.25, 0.3) is 0 Å². The predicted molar refractivity (Wildman–Crippen MR) is 100 cm³/mol. The van der Waals surface area contributed by atoms with Gasteiger partial charge in [-0.25, -0.2) is 4.79 Å². The van der Waals surface area contributed by atoms with E-state index in [1.165, 1.54) is 0 Å². The number of aliphatic carboxylic acids is 1. The van der Waals surface area contributed by atoms with E-state index in [1.54, 1.807) is 36.4 Å². The molecular formula is C20H19O5P. The molecule has 2 N–H and O–H groups in total. The number of carboxylic acids is 1. The summed E-state index contributed by atoms with van der Waals surface area (Å²) in [5.41, 5.74) is 1.35. The maximum Gasteiger partial charge on any atom is 0.333 e. The van der Waals surface area contributed by atoms with Gasteiger partial charge in [-0.1, -0.05) is 72.8 Å². The maximum atomic E-state index is 12.4. The Kier molecular flexibility index (Phi) is 5.52. The highest BCUT2D eigenvalue weighted by molar-refractivity contribution is 7.52. The minimum atomic E-state index is -4.09. The first-order valence-corrected chi connectivity index (χ1v) is 9.94. The van der Waals surface area contributed by atoms with Crippen LogP contribution in [0.2, 0.25) is 0 Å². The number of hydrogen-bond acceptors (Lipinski definition) is 3. The van der Waals surface area contributed by atoms with Crippen LogP contribution in [-0.4, -0.2) is 22.1 Å². The van der Waals surface area contributed by atoms with Crippen molar-refractivity contribution in [3.05, 3.63) is 83.9 Å². The second-order valence-corrected chi connectivity index (χ2v) is 7.90. The maximum absolute atomic E-state index is 12.4. The summed E-state index contributed by atoms with van der Waals surface area (Å²) in [6.45, 7) is 0. The topological polar surface area (TPSA) is 83.8 Å². The highest BCUT2D eigenvalue weighted by Crippen LogP contribution is 2.47. The third kappa shape index (κ3) is 4.79. The first-order chi connectivity index (χ1) is 12.4. The van der Waals surface area contributed by atoms with E-state index in [-0.39, 0.29) is 12.6 Å². The summed E-state index contributed by atoms with van der Waals surface area (Å²) in [6.07, 6.45) is -1.61. The van der Waals surface area contributed by atoms with Gasteiger partial charge in [0, 0.05) is 6.42 Å². The van der Waals surface area contributed by atoms with Crippen LogP contribution >= 0.6 is 7.60 Å². The lowest BCUT2D eigenvalue weighted by molar-refractivity contribution is -0.145. The second-order valence-electron chi connectivity index (χ2n) is 6.10. The van der Waals surface area contributed by atoms with E-state index in [1.807, 2.05) is 36.4 Å². The molecule has 0 radical (unpaired) electrons. The Morgan fingerprint density at radius 2 is 1.58 bits per heavy atom. The molecule has 0 saturated carbocycles. The smallest absolute Gasteiger partial charge is 0.333 e. The summed E-state index contributed by atoms with van der Waals surface area (Å²) in [7, 11) is -4.09. The Bertz CT molecular complexity index is 955. The lowest BCUT2D eigenvalue weighted by Gasteiger charge is -2.18. The lowest BCUT2D eigenvalue weighted by Crippen LogP contribution is -2.25. The monoisotopic (exact) mass is 370 g/mol. The number of carbonyl (C=O) groups is 1. The second kappa shape index (κ2) is 7.83. The lowest BCUT2D eigenvalue weighted by atomic mass is 10.0. The molecule has 3 aromatic rings. The van der Waals surface area contributed by atoms with Crippen LogP contribution in [0.3, 0.4) is 0 Å². The van der Waals surface area contributed by atoms with Gasteiger partial charge in [0.1, 0.15) is 0 Å². The summed E-state index contributed by atoms with van der Waals surface area (Å²) < 4.78 is 17.5. The standard InChI is InChI=1S/C20H19O5P/c21-20(22)19(25-26(23,24)14-15-6-2-1-3-7-15)13-16-10-11-17-8-4-5-9-18(17)12-16/h1-12,19H,13-14H2,(H,21,22)(H,23,24). The van der Waals surface area contributed by atoms with Crippen molar-refractivity contribution >= 4 is 24.3 Å². The van der Waals surface area contributed by atoms with Crippen molar-refractivity contribution in [1.82, 2.24) is 0 Å². The third-order valence-corrected chi connectivity index (χ3v) is 5.38. The van der Waals surface area contributed by atoms with E-state index in [2.05, 4.69) is 0 Å². The Labute approximate surface area is 151 Å². The summed E-state index contributed by atoms with van der Waals surface area (Å²) >= 11 is 0. The molecule has 134 valence electrons. The van der Waals surface area contributed by atoms with Gasteiger partial charge >= 0.3 is 13.6 Å². The molecule has 0 amide bonds. The average molecular weight is 370 g/mol. The zero-order chi connectivity index (χ0) is 18.6. The van der Waals surface area contributed by atoms with E-state index >= 15 is 0 Å². The summed E-state index contributed by atoms with van der Waals surface area (Å²) in [4.78, 5) is 21.6. The van der Waals surface area contributed by atoms with E-state index in [0.717, 1.165) is 16.3 Å². The van der Waals surface area contributed by atoms with E-state index in [4.69, 9.17) is 4.52 Å². The minimum absolute atomic E-state index is 0.0134. The molecule has 0 aliphatic carbocycles. The highest BCUT2D eigenvalue weighted by Gasteiger charge is 2.30. The fourth-order valence-electron chi connectivity index (χ4n) is 2.80. The van der Waals surface area contributed by atoms with Crippen LogP contribution in [0.5, 0.6) is 0 Å². The molecule has 2 atom stereocenters. The molecule has 5 nitrogen and oxygen atoms in total. The molecule has 0 heterocycles. The fraction of sp³-hybridized carbons (Fsp3) is 0.150. The van der Waals surface area contributed by atoms with E-state index in [0.29, 0.717) is 5.56 Å². The fourth-order valence-corrected chi connectivity index (χ4v) is 4.11. The molecule has 0 fully saturated rings. The van der Waals surface area contributed by atoms with Gasteiger partial charge in [-0.15, -0.1) is 0 Å². The van der Waals surface area contributed by atoms with Crippen molar-refractivity contribution in [3.63, 3.8) is 0 Å². The summed E-state index contributed by atoms with van der Waals surface area (Å²) in [5, 5.41) is 11.4. The van der Waals surface area contributed by atoms with Crippen molar-refractivity contribution < 1.29 is 23.9 Å². The molecule has 3 aromatic carbocycles. The van der Waals surface area contributed by atoms with Crippen molar-refractivity contribution in [1.29, 1.82) is 0 Å². The zero-order valence-corrected chi connectivity index (χ0v) is 14.9. The highest BCUT2D eigenvalue weighted by atomic mass is 31.2. The Hall–Kier alpha value is -2.46. The predicted octanol–water partition coefficient (Wildman–Crippen LogP) is 4.24. The molecule has 0 aliphatic heterocycles. The number of benzene rings is 3. The van der Waals surface area contributed by atoms with Crippen LogP contribution in [-0.2, 0) is 26.5 Å². The van der Waals surface area contributed by atoms with Crippen LogP contribution < -0.4 is 0 Å². The molecule has 6 heteroatoms. The van der Waals surface area contributed by atoms with Gasteiger partial charge in [0.15, 0.2) is 6.10 Å². The van der Waals surface area contributed by atoms with Crippen molar-refractivity contribution in [2.45, 2.75) is 18.7 Å². The van der Waals surface area contributed by atoms with E-state index < -0.39 is 19.7 Å². The minimum Gasteiger partial charge on any atom is -0.479 e. The largest absolute Gasteiger partial charge is 0.479 e. The number of fused-ring (bicyclic) bond motifs is 1. The van der Waals surface area contributed by atoms with Crippen LogP contribution in [0.25, 0.3) is 10.8 Å². The van der Waals surface area contributed by atoms with Crippen LogP contribution in [0, 0.1) is 0 Å². The SMILES string of the molecule is O=C(O)C(Cc1ccc2ccccc2c1)OP(=O)(O)Cc1ccccc1. The average Bonchev–Trinajstić information content (AvgIpc) is 2.61. The molecule has 0 saturated heterocycles. The summed E-state index contributed by atoms with van der Waals surface area (Å²) in [5.74, 6) is -1.26. The molecule has 0 bridgehead atoms. The number of carboxylic acid groups (broad SMARTS) is 1. The molecule has 2 unspecified atom stereocenters. The zero-order valence-electron chi connectivity index (χ0n) is 14.0. The Morgan fingerprint density at radius 1 is 0.923 bits per heavy atom. The van der Waals surface area contributed by atoms with Crippen molar-refractivity contribution in [3.8, 4) is 0 Å². The van der Waals surface area contributed by atoms with Crippen molar-refractivity contribution in [2.75, 3.05) is 0 Å². The first kappa shape index (κ1) is 18.3. The first-order valence-electron chi connectivity index (χ1n) is 8.17. The molecule has 0 aliphatic rings. The molecule has 26 heavy (non-hydrogen) atoms. The van der Waals surface area contributed by atoms with Gasteiger partial charge in [-0.3, -0.25) is 9.09 Å².